The molecule has 0 amide bonds. The fourth-order valence-electron chi connectivity index (χ4n) is 6.32. The van der Waals surface area contributed by atoms with Gasteiger partial charge in [-0.15, -0.1) is 0 Å². The first-order chi connectivity index (χ1) is 26.4. The first kappa shape index (κ1) is 37.9. The lowest BCUT2D eigenvalue weighted by Gasteiger charge is -2.36. The molecule has 0 spiro atoms. The van der Waals surface area contributed by atoms with Gasteiger partial charge in [0.15, 0.2) is 11.4 Å². The van der Waals surface area contributed by atoms with Crippen molar-refractivity contribution in [3.8, 4) is 23.0 Å². The van der Waals surface area contributed by atoms with E-state index in [-0.39, 0.29) is 0 Å². The average molecular weight is 731 g/mol. The summed E-state index contributed by atoms with van der Waals surface area (Å²) in [6, 6.07) is 31.5. The third kappa shape index (κ3) is 10.4. The van der Waals surface area contributed by atoms with E-state index in [4.69, 9.17) is 28.4 Å². The minimum atomic E-state index is -0.769. The molecule has 10 heteroatoms. The Balaban J connectivity index is 1.09. The van der Waals surface area contributed by atoms with Crippen LogP contribution in [-0.4, -0.2) is 53.1 Å². The molecule has 2 aliphatic rings. The summed E-state index contributed by atoms with van der Waals surface area (Å²) in [6.07, 6.45) is 15.1. The molecule has 2 atom stereocenters. The van der Waals surface area contributed by atoms with Crippen molar-refractivity contribution in [1.29, 1.82) is 0 Å². The van der Waals surface area contributed by atoms with Gasteiger partial charge < -0.3 is 49.7 Å². The second-order valence-electron chi connectivity index (χ2n) is 13.1. The van der Waals surface area contributed by atoms with Crippen molar-refractivity contribution in [1.82, 2.24) is 0 Å². The highest BCUT2D eigenvalue weighted by Gasteiger charge is 2.33. The van der Waals surface area contributed by atoms with Crippen LogP contribution in [0.5, 0.6) is 23.0 Å². The molecular formula is C44H50N4O6. The highest BCUT2D eigenvalue weighted by Crippen LogP contribution is 2.33. The first-order valence-corrected chi connectivity index (χ1v) is 18.1. The Labute approximate surface area is 318 Å². The van der Waals surface area contributed by atoms with Crippen molar-refractivity contribution < 1.29 is 28.4 Å². The number of anilines is 4. The maximum Gasteiger partial charge on any atom is 0.163 e. The van der Waals surface area contributed by atoms with Crippen molar-refractivity contribution in [2.24, 2.45) is 0 Å². The minimum Gasteiger partial charge on any atom is -0.497 e. The van der Waals surface area contributed by atoms with E-state index in [0.29, 0.717) is 26.1 Å². The molecule has 0 aromatic heterocycles. The van der Waals surface area contributed by atoms with Crippen LogP contribution in [0.3, 0.4) is 0 Å². The van der Waals surface area contributed by atoms with Gasteiger partial charge in [-0.05, 0) is 134 Å². The largest absolute Gasteiger partial charge is 0.497 e. The predicted octanol–water partition coefficient (Wildman–Crippen LogP) is 9.36. The fraction of sp³-hybridized carbons (Fsp3) is 0.273. The second-order valence-corrected chi connectivity index (χ2v) is 13.1. The molecule has 0 radical (unpaired) electrons. The molecule has 10 nitrogen and oxygen atoms in total. The van der Waals surface area contributed by atoms with Crippen LogP contribution in [0.4, 0.5) is 22.7 Å². The quantitative estimate of drug-likeness (QED) is 0.0551. The van der Waals surface area contributed by atoms with Gasteiger partial charge in [0.2, 0.25) is 0 Å². The predicted molar refractivity (Wildman–Crippen MR) is 217 cm³/mol. The van der Waals surface area contributed by atoms with Crippen molar-refractivity contribution in [2.75, 3.05) is 62.9 Å². The lowest BCUT2D eigenvalue weighted by atomic mass is 10.00. The molecule has 2 unspecified atom stereocenters. The molecule has 2 aliphatic carbocycles. The Hall–Kier alpha value is -5.84. The Morgan fingerprint density at radius 1 is 0.444 bits per heavy atom. The minimum absolute atomic E-state index is 0.519. The smallest absolute Gasteiger partial charge is 0.163 e. The van der Waals surface area contributed by atoms with E-state index in [1.165, 1.54) is 0 Å². The number of benzene rings is 4. The molecular weight excluding hydrogens is 681 g/mol. The molecule has 6 rings (SSSR count). The maximum absolute atomic E-state index is 6.72. The molecule has 4 aromatic carbocycles. The van der Waals surface area contributed by atoms with E-state index in [1.54, 1.807) is 28.4 Å². The number of hydrogen-bond acceptors (Lipinski definition) is 10. The zero-order valence-corrected chi connectivity index (χ0v) is 31.4. The summed E-state index contributed by atoms with van der Waals surface area (Å²) in [5, 5.41) is 14.4. The van der Waals surface area contributed by atoms with Gasteiger partial charge in [0.1, 0.15) is 23.0 Å². The lowest BCUT2D eigenvalue weighted by Crippen LogP contribution is -2.42. The average Bonchev–Trinajstić information content (AvgIpc) is 3.20. The van der Waals surface area contributed by atoms with Crippen LogP contribution in [0.25, 0.3) is 0 Å². The number of methoxy groups -OCH3 is 4. The Bertz CT molecular complexity index is 1770. The maximum atomic E-state index is 6.72. The summed E-state index contributed by atoms with van der Waals surface area (Å²) in [5.74, 6) is 3.21. The highest BCUT2D eigenvalue weighted by atomic mass is 16.5. The topological polar surface area (TPSA) is 104 Å². The zero-order valence-electron chi connectivity index (χ0n) is 31.4. The molecule has 54 heavy (non-hydrogen) atoms. The van der Waals surface area contributed by atoms with Crippen molar-refractivity contribution >= 4 is 22.7 Å². The Kier molecular flexibility index (Phi) is 12.8. The van der Waals surface area contributed by atoms with Crippen molar-refractivity contribution in [3.05, 3.63) is 145 Å². The van der Waals surface area contributed by atoms with Gasteiger partial charge in [-0.3, -0.25) is 0 Å². The number of rotatable bonds is 19. The fourth-order valence-corrected chi connectivity index (χ4v) is 6.32. The van der Waals surface area contributed by atoms with Crippen LogP contribution >= 0.6 is 0 Å². The van der Waals surface area contributed by atoms with Crippen LogP contribution in [0, 0.1) is 0 Å². The SMILES string of the molecule is COc1ccc(NC2=CC=CC(Nc3ccc(OC)cc3)(OCCCCOC3(Nc4ccc(OC)cc4)C=CC=C(Nc4ccc(OC)cc4)C3)C2)cc1. The van der Waals surface area contributed by atoms with Gasteiger partial charge in [-0.25, -0.2) is 0 Å². The van der Waals surface area contributed by atoms with Crippen LogP contribution in [0.2, 0.25) is 0 Å². The Morgan fingerprint density at radius 2 is 0.759 bits per heavy atom. The third-order valence-electron chi connectivity index (χ3n) is 9.17. The first-order valence-electron chi connectivity index (χ1n) is 18.1. The summed E-state index contributed by atoms with van der Waals surface area (Å²) < 4.78 is 34.9. The number of hydrogen-bond donors (Lipinski definition) is 4. The van der Waals surface area contributed by atoms with E-state index < -0.39 is 11.4 Å². The second kappa shape index (κ2) is 18.3. The van der Waals surface area contributed by atoms with Gasteiger partial charge in [0.05, 0.1) is 28.4 Å². The molecule has 0 fully saturated rings. The lowest BCUT2D eigenvalue weighted by molar-refractivity contribution is -0.00889. The molecule has 0 heterocycles. The summed E-state index contributed by atoms with van der Waals surface area (Å²) in [7, 11) is 6.67. The standard InChI is InChI=1S/C44H50N4O6/c1-49-39-19-11-33(12-20-39)45-37-9-7-27-43(31-37,47-35-15-23-41(51-3)24-16-35)53-29-5-6-30-54-44(48-36-17-25-42(52-4)26-18-36)28-8-10-38(32-44)46-34-13-21-40(50-2)22-14-34/h7-28,45-48H,5-6,29-32H2,1-4H3. The van der Waals surface area contributed by atoms with Crippen LogP contribution in [0.1, 0.15) is 25.7 Å². The molecule has 282 valence electrons. The molecule has 0 aliphatic heterocycles. The van der Waals surface area contributed by atoms with Crippen molar-refractivity contribution in [2.45, 2.75) is 37.1 Å². The third-order valence-corrected chi connectivity index (χ3v) is 9.17. The summed E-state index contributed by atoms with van der Waals surface area (Å²) in [6.45, 7) is 1.04. The highest BCUT2D eigenvalue weighted by molar-refractivity contribution is 5.56. The zero-order chi connectivity index (χ0) is 37.6. The normalized spacial score (nSPS) is 18.9. The Morgan fingerprint density at radius 3 is 1.07 bits per heavy atom. The summed E-state index contributed by atoms with van der Waals surface area (Å²) in [5.41, 5.74) is 4.31. The number of unbranched alkanes of at least 4 members (excludes halogenated alkanes) is 1. The summed E-state index contributed by atoms with van der Waals surface area (Å²) >= 11 is 0. The van der Waals surface area contributed by atoms with E-state index in [1.807, 2.05) is 109 Å². The van der Waals surface area contributed by atoms with Crippen LogP contribution < -0.4 is 40.2 Å². The number of allylic oxidation sites excluding steroid dienone is 4. The number of nitrogens with one attached hydrogen (secondary N) is 4. The number of ether oxygens (including phenoxy) is 6. The van der Waals surface area contributed by atoms with Gasteiger partial charge in [0.25, 0.3) is 0 Å². The van der Waals surface area contributed by atoms with Gasteiger partial charge in [-0.1, -0.05) is 12.2 Å². The monoisotopic (exact) mass is 730 g/mol. The summed E-state index contributed by atoms with van der Waals surface area (Å²) in [4.78, 5) is 0. The van der Waals surface area contributed by atoms with Crippen LogP contribution in [0.15, 0.2) is 145 Å². The van der Waals surface area contributed by atoms with Crippen molar-refractivity contribution in [3.63, 3.8) is 0 Å². The van der Waals surface area contributed by atoms with E-state index in [0.717, 1.165) is 70.0 Å². The molecule has 0 bridgehead atoms. The van der Waals surface area contributed by atoms with E-state index in [2.05, 4.69) is 45.6 Å². The molecule has 4 N–H and O–H groups in total. The van der Waals surface area contributed by atoms with Gasteiger partial charge in [-0.2, -0.15) is 0 Å². The van der Waals surface area contributed by atoms with Gasteiger partial charge in [0, 0.05) is 60.2 Å². The molecule has 0 saturated carbocycles. The van der Waals surface area contributed by atoms with Crippen LogP contribution in [-0.2, 0) is 9.47 Å². The molecule has 4 aromatic rings. The van der Waals surface area contributed by atoms with Gasteiger partial charge >= 0.3 is 0 Å². The van der Waals surface area contributed by atoms with E-state index >= 15 is 0 Å². The molecule has 0 saturated heterocycles. The van der Waals surface area contributed by atoms with E-state index in [9.17, 15) is 0 Å².